The molecule has 0 unspecified atom stereocenters. The van der Waals surface area contributed by atoms with Crippen LogP contribution < -0.4 is 11.1 Å². The molecule has 0 spiro atoms. The summed E-state index contributed by atoms with van der Waals surface area (Å²) in [7, 11) is 1.68. The fourth-order valence-electron chi connectivity index (χ4n) is 1.36. The number of amides is 1. The van der Waals surface area contributed by atoms with Crippen molar-refractivity contribution in [3.8, 4) is 0 Å². The average Bonchev–Trinajstić information content (AvgIpc) is 2.63. The van der Waals surface area contributed by atoms with Crippen LogP contribution in [0.4, 0.5) is 11.5 Å². The largest absolute Gasteiger partial charge is 0.383 e. The Hall–Kier alpha value is -2.37. The average molecular weight is 231 g/mol. The minimum Gasteiger partial charge on any atom is -0.383 e. The second kappa shape index (κ2) is 4.25. The van der Waals surface area contributed by atoms with Crippen LogP contribution in [0.5, 0.6) is 0 Å². The maximum absolute atomic E-state index is 11.9. The molecule has 3 N–H and O–H groups in total. The molecule has 1 amide bonds. The Balaban J connectivity index is 2.17. The highest BCUT2D eigenvalue weighted by Crippen LogP contribution is 2.13. The monoisotopic (exact) mass is 231 g/mol. The second-order valence-corrected chi connectivity index (χ2v) is 3.71. The number of carbonyl (C=O) groups excluding carboxylic acids is 1. The van der Waals surface area contributed by atoms with Gasteiger partial charge in [0.05, 0.1) is 18.1 Å². The third-order valence-corrected chi connectivity index (χ3v) is 2.40. The fraction of sp³-hybridized carbons (Fsp3) is 0.182. The zero-order chi connectivity index (χ0) is 12.4. The van der Waals surface area contributed by atoms with E-state index in [0.717, 1.165) is 5.69 Å². The molecule has 2 heterocycles. The zero-order valence-corrected chi connectivity index (χ0v) is 9.64. The van der Waals surface area contributed by atoms with E-state index in [1.54, 1.807) is 19.3 Å². The molecule has 0 saturated carbocycles. The SMILES string of the molecule is Cc1ccc(NC(=O)c2cnn(C)c2N)cn1. The van der Waals surface area contributed by atoms with Gasteiger partial charge in [0.25, 0.3) is 5.91 Å². The molecule has 0 radical (unpaired) electrons. The summed E-state index contributed by atoms with van der Waals surface area (Å²) < 4.78 is 1.45. The number of hydrogen-bond acceptors (Lipinski definition) is 4. The lowest BCUT2D eigenvalue weighted by molar-refractivity contribution is 0.102. The standard InChI is InChI=1S/C11H13N5O/c1-7-3-4-8(5-13-7)15-11(17)9-6-14-16(2)10(9)12/h3-6H,12H2,1-2H3,(H,15,17). The number of aryl methyl sites for hydroxylation is 2. The number of nitrogens with one attached hydrogen (secondary N) is 1. The molecule has 0 saturated heterocycles. The first-order chi connectivity index (χ1) is 8.08. The highest BCUT2D eigenvalue weighted by Gasteiger charge is 2.13. The van der Waals surface area contributed by atoms with Gasteiger partial charge in [-0.3, -0.25) is 14.5 Å². The predicted octanol–water partition coefficient (Wildman–Crippen LogP) is 0.958. The molecule has 0 aliphatic heterocycles. The summed E-state index contributed by atoms with van der Waals surface area (Å²) in [5.74, 6) is 0.0452. The number of carbonyl (C=O) groups is 1. The van der Waals surface area contributed by atoms with Crippen LogP contribution in [-0.2, 0) is 7.05 Å². The van der Waals surface area contributed by atoms with E-state index in [9.17, 15) is 4.79 Å². The maximum Gasteiger partial charge on any atom is 0.261 e. The summed E-state index contributed by atoms with van der Waals surface area (Å²) in [5, 5.41) is 6.61. The van der Waals surface area contributed by atoms with Crippen LogP contribution in [0.2, 0.25) is 0 Å². The summed E-state index contributed by atoms with van der Waals surface area (Å²) in [6.45, 7) is 1.88. The minimum absolute atomic E-state index is 0.291. The highest BCUT2D eigenvalue weighted by molar-refractivity contribution is 6.07. The molecule has 0 aliphatic rings. The van der Waals surface area contributed by atoms with E-state index in [-0.39, 0.29) is 5.91 Å². The fourth-order valence-corrected chi connectivity index (χ4v) is 1.36. The van der Waals surface area contributed by atoms with E-state index >= 15 is 0 Å². The Morgan fingerprint density at radius 1 is 1.41 bits per heavy atom. The van der Waals surface area contributed by atoms with Crippen molar-refractivity contribution < 1.29 is 4.79 Å². The van der Waals surface area contributed by atoms with Crippen molar-refractivity contribution in [3.05, 3.63) is 35.8 Å². The molecule has 0 bridgehead atoms. The topological polar surface area (TPSA) is 85.8 Å². The molecule has 6 heteroatoms. The first-order valence-corrected chi connectivity index (χ1v) is 5.09. The summed E-state index contributed by atoms with van der Waals surface area (Å²) in [6, 6.07) is 3.61. The number of nitrogens with zero attached hydrogens (tertiary/aromatic N) is 3. The normalized spacial score (nSPS) is 10.2. The number of aromatic nitrogens is 3. The van der Waals surface area contributed by atoms with Gasteiger partial charge in [-0.15, -0.1) is 0 Å². The number of nitrogen functional groups attached to an aromatic ring is 1. The molecule has 0 aromatic carbocycles. The Morgan fingerprint density at radius 2 is 2.18 bits per heavy atom. The number of nitrogens with two attached hydrogens (primary N) is 1. The van der Waals surface area contributed by atoms with Crippen LogP contribution in [-0.4, -0.2) is 20.7 Å². The molecule has 6 nitrogen and oxygen atoms in total. The van der Waals surface area contributed by atoms with Gasteiger partial charge in [0.1, 0.15) is 11.4 Å². The zero-order valence-electron chi connectivity index (χ0n) is 9.64. The van der Waals surface area contributed by atoms with Crippen LogP contribution in [0.25, 0.3) is 0 Å². The van der Waals surface area contributed by atoms with Crippen LogP contribution in [0.15, 0.2) is 24.5 Å². The van der Waals surface area contributed by atoms with Crippen molar-refractivity contribution in [2.75, 3.05) is 11.1 Å². The predicted molar refractivity (Wildman–Crippen MR) is 64.5 cm³/mol. The van der Waals surface area contributed by atoms with Crippen molar-refractivity contribution in [1.29, 1.82) is 0 Å². The van der Waals surface area contributed by atoms with Gasteiger partial charge in [0, 0.05) is 12.7 Å². The number of hydrogen-bond donors (Lipinski definition) is 2. The van der Waals surface area contributed by atoms with Crippen LogP contribution in [0.1, 0.15) is 16.1 Å². The van der Waals surface area contributed by atoms with Gasteiger partial charge in [-0.25, -0.2) is 0 Å². The van der Waals surface area contributed by atoms with Crippen molar-refractivity contribution in [2.45, 2.75) is 6.92 Å². The third-order valence-electron chi connectivity index (χ3n) is 2.40. The quantitative estimate of drug-likeness (QED) is 0.806. The second-order valence-electron chi connectivity index (χ2n) is 3.71. The minimum atomic E-state index is -0.291. The van der Waals surface area contributed by atoms with Gasteiger partial charge in [-0.1, -0.05) is 0 Å². The summed E-state index contributed by atoms with van der Waals surface area (Å²) in [4.78, 5) is 15.9. The highest BCUT2D eigenvalue weighted by atomic mass is 16.1. The third kappa shape index (κ3) is 2.25. The first-order valence-electron chi connectivity index (χ1n) is 5.09. The van der Waals surface area contributed by atoms with Gasteiger partial charge in [0.15, 0.2) is 0 Å². The molecule has 0 atom stereocenters. The lowest BCUT2D eigenvalue weighted by Gasteiger charge is -2.04. The van der Waals surface area contributed by atoms with E-state index in [1.807, 2.05) is 13.0 Å². The molecule has 2 rings (SSSR count). The molecular weight excluding hydrogens is 218 g/mol. The number of rotatable bonds is 2. The van der Waals surface area contributed by atoms with E-state index in [0.29, 0.717) is 17.1 Å². The summed E-state index contributed by atoms with van der Waals surface area (Å²) in [6.07, 6.45) is 3.03. The first kappa shape index (κ1) is 11.1. The lowest BCUT2D eigenvalue weighted by Crippen LogP contribution is -2.13. The Labute approximate surface area is 98.5 Å². The molecular formula is C11H13N5O. The summed E-state index contributed by atoms with van der Waals surface area (Å²) in [5.41, 5.74) is 7.58. The van der Waals surface area contributed by atoms with E-state index in [2.05, 4.69) is 15.4 Å². The lowest BCUT2D eigenvalue weighted by atomic mass is 10.3. The van der Waals surface area contributed by atoms with Crippen LogP contribution in [0.3, 0.4) is 0 Å². The van der Waals surface area contributed by atoms with Crippen molar-refractivity contribution >= 4 is 17.4 Å². The molecule has 0 aliphatic carbocycles. The van der Waals surface area contributed by atoms with Gasteiger partial charge < -0.3 is 11.1 Å². The molecule has 0 fully saturated rings. The van der Waals surface area contributed by atoms with Gasteiger partial charge in [0.2, 0.25) is 0 Å². The number of pyridine rings is 1. The Bertz CT molecular complexity index is 543. The van der Waals surface area contributed by atoms with Crippen molar-refractivity contribution in [2.24, 2.45) is 7.05 Å². The van der Waals surface area contributed by atoms with Gasteiger partial charge >= 0.3 is 0 Å². The Kier molecular flexibility index (Phi) is 2.78. The Morgan fingerprint density at radius 3 is 2.71 bits per heavy atom. The van der Waals surface area contributed by atoms with Gasteiger partial charge in [-0.2, -0.15) is 5.10 Å². The molecule has 88 valence electrons. The maximum atomic E-state index is 11.9. The van der Waals surface area contributed by atoms with Crippen molar-refractivity contribution in [3.63, 3.8) is 0 Å². The van der Waals surface area contributed by atoms with Crippen LogP contribution in [0, 0.1) is 6.92 Å². The van der Waals surface area contributed by atoms with E-state index in [4.69, 9.17) is 5.73 Å². The van der Waals surface area contributed by atoms with Crippen molar-refractivity contribution in [1.82, 2.24) is 14.8 Å². The molecule has 17 heavy (non-hydrogen) atoms. The smallest absolute Gasteiger partial charge is 0.261 e. The number of anilines is 2. The van der Waals surface area contributed by atoms with Gasteiger partial charge in [-0.05, 0) is 19.1 Å². The summed E-state index contributed by atoms with van der Waals surface area (Å²) >= 11 is 0. The molecule has 2 aromatic rings. The van der Waals surface area contributed by atoms with Crippen LogP contribution >= 0.6 is 0 Å². The molecule has 2 aromatic heterocycles. The van der Waals surface area contributed by atoms with E-state index in [1.165, 1.54) is 10.9 Å². The van der Waals surface area contributed by atoms with E-state index < -0.39 is 0 Å².